The van der Waals surface area contributed by atoms with Gasteiger partial charge in [0, 0.05) is 19.7 Å². The van der Waals surface area contributed by atoms with Crippen LogP contribution >= 0.6 is 0 Å². The molecular weight excluding hydrogens is 254 g/mol. The van der Waals surface area contributed by atoms with Crippen molar-refractivity contribution in [3.8, 4) is 0 Å². The molecular formula is C15H27N3O2. The summed E-state index contributed by atoms with van der Waals surface area (Å²) in [6.45, 7) is 6.63. The first-order valence-corrected chi connectivity index (χ1v) is 7.45. The average Bonchev–Trinajstić information content (AvgIpc) is 2.95. The number of hydrogen-bond donors (Lipinski definition) is 3. The average molecular weight is 281 g/mol. The van der Waals surface area contributed by atoms with Crippen molar-refractivity contribution in [1.29, 1.82) is 0 Å². The Morgan fingerprint density at radius 2 is 2.20 bits per heavy atom. The number of nitrogens with zero attached hydrogens (tertiary/aromatic N) is 1. The minimum Gasteiger partial charge on any atom is -0.467 e. The van der Waals surface area contributed by atoms with E-state index in [1.54, 1.807) is 6.26 Å². The van der Waals surface area contributed by atoms with E-state index in [1.807, 2.05) is 19.1 Å². The number of aliphatic imine (C=N–C) groups is 1. The molecule has 1 rings (SSSR count). The van der Waals surface area contributed by atoms with Gasteiger partial charge in [0.1, 0.15) is 12.3 Å². The topological polar surface area (TPSA) is 69.8 Å². The first kappa shape index (κ1) is 16.6. The molecule has 5 nitrogen and oxygen atoms in total. The summed E-state index contributed by atoms with van der Waals surface area (Å²) in [5, 5.41) is 15.6. The molecule has 1 aromatic rings. The van der Waals surface area contributed by atoms with Gasteiger partial charge in [0.15, 0.2) is 5.96 Å². The van der Waals surface area contributed by atoms with E-state index in [-0.39, 0.29) is 6.61 Å². The maximum atomic E-state index is 9.07. The van der Waals surface area contributed by atoms with Gasteiger partial charge in [0.2, 0.25) is 0 Å². The van der Waals surface area contributed by atoms with Gasteiger partial charge < -0.3 is 20.2 Å². The van der Waals surface area contributed by atoms with Crippen LogP contribution in [-0.4, -0.2) is 30.8 Å². The normalized spacial score (nSPS) is 13.2. The van der Waals surface area contributed by atoms with Gasteiger partial charge in [-0.1, -0.05) is 13.3 Å². The van der Waals surface area contributed by atoms with Crippen molar-refractivity contribution in [1.82, 2.24) is 10.6 Å². The summed E-state index contributed by atoms with van der Waals surface area (Å²) < 4.78 is 5.27. The maximum Gasteiger partial charge on any atom is 0.191 e. The lowest BCUT2D eigenvalue weighted by molar-refractivity contribution is 0.251. The van der Waals surface area contributed by atoms with Crippen molar-refractivity contribution in [2.75, 3.05) is 19.7 Å². The van der Waals surface area contributed by atoms with Gasteiger partial charge in [-0.05, 0) is 37.8 Å². The highest BCUT2D eigenvalue weighted by atomic mass is 16.3. The summed E-state index contributed by atoms with van der Waals surface area (Å²) in [5.74, 6) is 2.13. The summed E-state index contributed by atoms with van der Waals surface area (Å²) in [6.07, 6.45) is 4.74. The van der Waals surface area contributed by atoms with Gasteiger partial charge in [-0.2, -0.15) is 0 Å². The lowest BCUT2D eigenvalue weighted by atomic mass is 10.0. The van der Waals surface area contributed by atoms with Crippen LogP contribution in [0, 0.1) is 5.92 Å². The highest BCUT2D eigenvalue weighted by Gasteiger charge is 2.08. The molecule has 1 aromatic heterocycles. The number of rotatable bonds is 9. The Bertz CT molecular complexity index is 357. The van der Waals surface area contributed by atoms with E-state index in [4.69, 9.17) is 9.52 Å². The van der Waals surface area contributed by atoms with Crippen LogP contribution in [0.4, 0.5) is 0 Å². The monoisotopic (exact) mass is 281 g/mol. The van der Waals surface area contributed by atoms with Crippen LogP contribution in [0.5, 0.6) is 0 Å². The van der Waals surface area contributed by atoms with Crippen molar-refractivity contribution in [2.45, 2.75) is 39.7 Å². The number of guanidine groups is 1. The molecule has 0 aromatic carbocycles. The minimum atomic E-state index is 0.242. The van der Waals surface area contributed by atoms with Gasteiger partial charge in [-0.15, -0.1) is 0 Å². The van der Waals surface area contributed by atoms with E-state index in [1.165, 1.54) is 0 Å². The quantitative estimate of drug-likeness (QED) is 0.479. The molecule has 114 valence electrons. The van der Waals surface area contributed by atoms with Crippen molar-refractivity contribution in [2.24, 2.45) is 10.9 Å². The van der Waals surface area contributed by atoms with E-state index in [0.29, 0.717) is 12.5 Å². The van der Waals surface area contributed by atoms with Gasteiger partial charge in [0.05, 0.1) is 6.26 Å². The second kappa shape index (κ2) is 10.3. The van der Waals surface area contributed by atoms with Gasteiger partial charge >= 0.3 is 0 Å². The zero-order valence-electron chi connectivity index (χ0n) is 12.6. The van der Waals surface area contributed by atoms with Gasteiger partial charge in [-0.25, -0.2) is 4.99 Å². The fourth-order valence-electron chi connectivity index (χ4n) is 2.08. The third kappa shape index (κ3) is 6.61. The predicted molar refractivity (Wildman–Crippen MR) is 81.6 cm³/mol. The van der Waals surface area contributed by atoms with Crippen LogP contribution in [-0.2, 0) is 6.54 Å². The number of aliphatic hydroxyl groups is 1. The fourth-order valence-corrected chi connectivity index (χ4v) is 2.08. The molecule has 1 atom stereocenters. The third-order valence-electron chi connectivity index (χ3n) is 3.11. The Hall–Kier alpha value is -1.49. The van der Waals surface area contributed by atoms with Crippen LogP contribution in [0.25, 0.3) is 0 Å². The lowest BCUT2D eigenvalue weighted by Crippen LogP contribution is -2.40. The largest absolute Gasteiger partial charge is 0.467 e. The summed E-state index contributed by atoms with van der Waals surface area (Å²) in [5.41, 5.74) is 0. The molecule has 0 saturated carbocycles. The van der Waals surface area contributed by atoms with Crippen molar-refractivity contribution < 1.29 is 9.52 Å². The third-order valence-corrected chi connectivity index (χ3v) is 3.11. The SMILES string of the molecule is CCCC(CCO)CNC(=NCc1ccco1)NCC. The van der Waals surface area contributed by atoms with Crippen molar-refractivity contribution >= 4 is 5.96 Å². The molecule has 5 heteroatoms. The van der Waals surface area contributed by atoms with Crippen molar-refractivity contribution in [3.63, 3.8) is 0 Å². The molecule has 0 bridgehead atoms. The zero-order chi connectivity index (χ0) is 14.6. The smallest absolute Gasteiger partial charge is 0.191 e. The molecule has 0 radical (unpaired) electrons. The summed E-state index contributed by atoms with van der Waals surface area (Å²) in [4.78, 5) is 4.49. The molecule has 3 N–H and O–H groups in total. The summed E-state index contributed by atoms with van der Waals surface area (Å²) >= 11 is 0. The second-order valence-corrected chi connectivity index (χ2v) is 4.82. The van der Waals surface area contributed by atoms with E-state index in [9.17, 15) is 0 Å². The molecule has 0 fully saturated rings. The van der Waals surface area contributed by atoms with E-state index in [0.717, 1.165) is 44.1 Å². The van der Waals surface area contributed by atoms with E-state index < -0.39 is 0 Å². The lowest BCUT2D eigenvalue weighted by Gasteiger charge is -2.18. The standard InChI is InChI=1S/C15H27N3O2/c1-3-6-13(8-9-19)11-17-15(16-4-2)18-12-14-7-5-10-20-14/h5,7,10,13,19H,3-4,6,8-9,11-12H2,1-2H3,(H2,16,17,18). The van der Waals surface area contributed by atoms with Crippen LogP contribution < -0.4 is 10.6 Å². The highest BCUT2D eigenvalue weighted by molar-refractivity contribution is 5.79. The molecule has 0 aliphatic carbocycles. The molecule has 0 aliphatic rings. The van der Waals surface area contributed by atoms with Crippen LogP contribution in [0.1, 0.15) is 38.9 Å². The summed E-state index contributed by atoms with van der Waals surface area (Å²) in [7, 11) is 0. The van der Waals surface area contributed by atoms with Crippen LogP contribution in [0.2, 0.25) is 0 Å². The Morgan fingerprint density at radius 3 is 2.80 bits per heavy atom. The summed E-state index contributed by atoms with van der Waals surface area (Å²) in [6, 6.07) is 3.78. The second-order valence-electron chi connectivity index (χ2n) is 4.82. The van der Waals surface area contributed by atoms with Crippen molar-refractivity contribution in [3.05, 3.63) is 24.2 Å². The Balaban J connectivity index is 2.46. The van der Waals surface area contributed by atoms with E-state index in [2.05, 4.69) is 22.5 Å². The molecule has 0 saturated heterocycles. The van der Waals surface area contributed by atoms with Gasteiger partial charge in [0.25, 0.3) is 0 Å². The number of aliphatic hydroxyl groups excluding tert-OH is 1. The highest BCUT2D eigenvalue weighted by Crippen LogP contribution is 2.09. The molecule has 0 spiro atoms. The zero-order valence-corrected chi connectivity index (χ0v) is 12.6. The first-order chi connectivity index (χ1) is 9.80. The van der Waals surface area contributed by atoms with Crippen LogP contribution in [0.3, 0.4) is 0 Å². The molecule has 1 heterocycles. The molecule has 1 unspecified atom stereocenters. The maximum absolute atomic E-state index is 9.07. The van der Waals surface area contributed by atoms with E-state index >= 15 is 0 Å². The Morgan fingerprint density at radius 1 is 1.35 bits per heavy atom. The Labute approximate surface area is 121 Å². The first-order valence-electron chi connectivity index (χ1n) is 7.45. The van der Waals surface area contributed by atoms with Crippen LogP contribution in [0.15, 0.2) is 27.8 Å². The molecule has 0 aliphatic heterocycles. The number of nitrogens with one attached hydrogen (secondary N) is 2. The number of furan rings is 1. The fraction of sp³-hybridized carbons (Fsp3) is 0.667. The minimum absolute atomic E-state index is 0.242. The van der Waals surface area contributed by atoms with Gasteiger partial charge in [-0.3, -0.25) is 0 Å². The predicted octanol–water partition coefficient (Wildman–Crippen LogP) is 2.13. The molecule has 0 amide bonds. The Kier molecular flexibility index (Phi) is 8.54. The number of hydrogen-bond acceptors (Lipinski definition) is 3. The molecule has 20 heavy (non-hydrogen) atoms.